The molecule has 2 rings (SSSR count). The molecule has 14 heavy (non-hydrogen) atoms. The van der Waals surface area contributed by atoms with Crippen LogP contribution in [-0.4, -0.2) is 23.3 Å². The van der Waals surface area contributed by atoms with Crippen molar-refractivity contribution >= 4 is 40.8 Å². The van der Waals surface area contributed by atoms with Gasteiger partial charge in [-0.1, -0.05) is 11.6 Å². The Bertz CT molecular complexity index is 281. The Hall–Kier alpha value is 0.01000. The summed E-state index contributed by atoms with van der Waals surface area (Å²) in [4.78, 5) is 2.39. The third-order valence-corrected chi connectivity index (χ3v) is 4.54. The third kappa shape index (κ3) is 2.75. The number of thioether (sulfide) groups is 2. The van der Waals surface area contributed by atoms with Crippen LogP contribution in [0.3, 0.4) is 0 Å². The number of halogens is 1. The van der Waals surface area contributed by atoms with Crippen molar-refractivity contribution in [3.05, 3.63) is 29.3 Å². The van der Waals surface area contributed by atoms with Crippen molar-refractivity contribution in [2.24, 2.45) is 0 Å². The highest BCUT2D eigenvalue weighted by Crippen LogP contribution is 2.24. The Labute approximate surface area is 98.2 Å². The molecule has 0 spiro atoms. The Kier molecular flexibility index (Phi) is 3.90. The fourth-order valence-corrected chi connectivity index (χ4v) is 3.67. The highest BCUT2D eigenvalue weighted by atomic mass is 35.5. The summed E-state index contributed by atoms with van der Waals surface area (Å²) >= 11 is 9.84. The minimum absolute atomic E-state index is 0.809. The van der Waals surface area contributed by atoms with Gasteiger partial charge in [0.1, 0.15) is 0 Å². The number of benzene rings is 1. The van der Waals surface area contributed by atoms with Gasteiger partial charge < -0.3 is 4.90 Å². The van der Waals surface area contributed by atoms with E-state index in [9.17, 15) is 0 Å². The SMILES string of the molecule is Clc1ccc(N2CSCCSC2)cc1. The molecule has 1 aliphatic rings. The van der Waals surface area contributed by atoms with Crippen LogP contribution in [0.15, 0.2) is 24.3 Å². The van der Waals surface area contributed by atoms with Gasteiger partial charge in [0.05, 0.1) is 11.8 Å². The molecule has 76 valence electrons. The molecular formula is C10H12ClNS2. The molecule has 0 atom stereocenters. The highest BCUT2D eigenvalue weighted by molar-refractivity contribution is 8.03. The monoisotopic (exact) mass is 245 g/mol. The molecule has 4 heteroatoms. The van der Waals surface area contributed by atoms with Crippen molar-refractivity contribution in [3.8, 4) is 0 Å². The van der Waals surface area contributed by atoms with Crippen LogP contribution in [0.2, 0.25) is 5.02 Å². The third-order valence-electron chi connectivity index (χ3n) is 2.06. The van der Waals surface area contributed by atoms with Gasteiger partial charge in [-0.25, -0.2) is 0 Å². The Morgan fingerprint density at radius 1 is 1.00 bits per heavy atom. The second-order valence-electron chi connectivity index (χ2n) is 3.09. The predicted octanol–water partition coefficient (Wildman–Crippen LogP) is 3.54. The summed E-state index contributed by atoms with van der Waals surface area (Å²) in [5.74, 6) is 4.70. The van der Waals surface area contributed by atoms with Crippen LogP contribution in [0.5, 0.6) is 0 Å². The standard InChI is InChI=1S/C10H12ClNS2/c11-9-1-3-10(4-2-9)12-7-13-5-6-14-8-12/h1-4H,5-8H2. The van der Waals surface area contributed by atoms with Crippen LogP contribution in [0.4, 0.5) is 5.69 Å². The second kappa shape index (κ2) is 5.19. The van der Waals surface area contributed by atoms with Crippen molar-refractivity contribution in [1.82, 2.24) is 0 Å². The molecule has 1 aliphatic heterocycles. The van der Waals surface area contributed by atoms with Gasteiger partial charge in [-0.2, -0.15) is 0 Å². The second-order valence-corrected chi connectivity index (χ2v) is 5.68. The molecule has 1 aromatic rings. The lowest BCUT2D eigenvalue weighted by Gasteiger charge is -2.21. The molecule has 0 saturated carbocycles. The zero-order valence-electron chi connectivity index (χ0n) is 7.78. The number of rotatable bonds is 1. The molecule has 0 N–H and O–H groups in total. The van der Waals surface area contributed by atoms with Crippen LogP contribution in [0.1, 0.15) is 0 Å². The summed E-state index contributed by atoms with van der Waals surface area (Å²) in [5.41, 5.74) is 1.27. The van der Waals surface area contributed by atoms with Gasteiger partial charge in [-0.3, -0.25) is 0 Å². The van der Waals surface area contributed by atoms with Gasteiger partial charge in [-0.05, 0) is 24.3 Å². The lowest BCUT2D eigenvalue weighted by Crippen LogP contribution is -2.20. The number of hydrogen-bond donors (Lipinski definition) is 0. The average Bonchev–Trinajstić information content (AvgIpc) is 2.47. The van der Waals surface area contributed by atoms with Crippen LogP contribution in [0.25, 0.3) is 0 Å². The molecule has 1 nitrogen and oxygen atoms in total. The molecule has 1 fully saturated rings. The van der Waals surface area contributed by atoms with Gasteiger partial charge in [0.15, 0.2) is 0 Å². The number of hydrogen-bond acceptors (Lipinski definition) is 3. The quantitative estimate of drug-likeness (QED) is 0.745. The topological polar surface area (TPSA) is 3.24 Å². The first-order valence-corrected chi connectivity index (χ1v) is 7.21. The van der Waals surface area contributed by atoms with E-state index in [2.05, 4.69) is 17.0 Å². The van der Waals surface area contributed by atoms with Gasteiger partial charge in [0.25, 0.3) is 0 Å². The molecular weight excluding hydrogens is 234 g/mol. The first-order valence-electron chi connectivity index (χ1n) is 4.52. The molecule has 0 aliphatic carbocycles. The minimum atomic E-state index is 0.809. The van der Waals surface area contributed by atoms with E-state index in [1.54, 1.807) is 0 Å². The Morgan fingerprint density at radius 3 is 2.14 bits per heavy atom. The molecule has 0 bridgehead atoms. The maximum absolute atomic E-state index is 5.85. The van der Waals surface area contributed by atoms with Crippen LogP contribution in [0, 0.1) is 0 Å². The molecule has 1 saturated heterocycles. The largest absolute Gasteiger partial charge is 0.353 e. The van der Waals surface area contributed by atoms with Crippen LogP contribution >= 0.6 is 35.1 Å². The summed E-state index contributed by atoms with van der Waals surface area (Å²) in [6.07, 6.45) is 0. The van der Waals surface area contributed by atoms with Gasteiger partial charge >= 0.3 is 0 Å². The van der Waals surface area contributed by atoms with E-state index in [4.69, 9.17) is 11.6 Å². The van der Waals surface area contributed by atoms with Crippen molar-refractivity contribution in [3.63, 3.8) is 0 Å². The first kappa shape index (κ1) is 10.5. The lowest BCUT2D eigenvalue weighted by atomic mass is 10.3. The van der Waals surface area contributed by atoms with Crippen molar-refractivity contribution in [2.75, 3.05) is 28.2 Å². The lowest BCUT2D eigenvalue weighted by molar-refractivity contribution is 1.07. The van der Waals surface area contributed by atoms with Crippen LogP contribution < -0.4 is 4.90 Å². The van der Waals surface area contributed by atoms with Gasteiger partial charge in [0, 0.05) is 22.2 Å². The van der Waals surface area contributed by atoms with Crippen molar-refractivity contribution in [2.45, 2.75) is 0 Å². The summed E-state index contributed by atoms with van der Waals surface area (Å²) < 4.78 is 0. The van der Waals surface area contributed by atoms with E-state index in [1.165, 1.54) is 17.2 Å². The van der Waals surface area contributed by atoms with E-state index < -0.39 is 0 Å². The molecule has 0 aromatic heterocycles. The van der Waals surface area contributed by atoms with Gasteiger partial charge in [0.2, 0.25) is 0 Å². The maximum atomic E-state index is 5.85. The van der Waals surface area contributed by atoms with E-state index in [1.807, 2.05) is 35.7 Å². The van der Waals surface area contributed by atoms with E-state index in [0.29, 0.717) is 0 Å². The van der Waals surface area contributed by atoms with Gasteiger partial charge in [-0.15, -0.1) is 23.5 Å². The fourth-order valence-electron chi connectivity index (χ4n) is 1.31. The predicted molar refractivity (Wildman–Crippen MR) is 68.6 cm³/mol. The molecule has 1 heterocycles. The molecule has 0 unspecified atom stereocenters. The summed E-state index contributed by atoms with van der Waals surface area (Å²) in [5, 5.41) is 0.809. The molecule has 0 radical (unpaired) electrons. The maximum Gasteiger partial charge on any atom is 0.0648 e. The summed E-state index contributed by atoms with van der Waals surface area (Å²) in [7, 11) is 0. The van der Waals surface area contributed by atoms with Crippen molar-refractivity contribution < 1.29 is 0 Å². The smallest absolute Gasteiger partial charge is 0.0648 e. The average molecular weight is 246 g/mol. The van der Waals surface area contributed by atoms with E-state index >= 15 is 0 Å². The summed E-state index contributed by atoms with van der Waals surface area (Å²) in [6.45, 7) is 0. The zero-order valence-corrected chi connectivity index (χ0v) is 10.2. The summed E-state index contributed by atoms with van der Waals surface area (Å²) in [6, 6.07) is 8.10. The number of anilines is 1. The van der Waals surface area contributed by atoms with E-state index in [-0.39, 0.29) is 0 Å². The number of nitrogens with zero attached hydrogens (tertiary/aromatic N) is 1. The van der Waals surface area contributed by atoms with E-state index in [0.717, 1.165) is 16.8 Å². The Morgan fingerprint density at radius 2 is 1.57 bits per heavy atom. The zero-order chi connectivity index (χ0) is 9.80. The normalized spacial score (nSPS) is 17.9. The van der Waals surface area contributed by atoms with Crippen LogP contribution in [-0.2, 0) is 0 Å². The highest BCUT2D eigenvalue weighted by Gasteiger charge is 2.09. The van der Waals surface area contributed by atoms with Crippen molar-refractivity contribution in [1.29, 1.82) is 0 Å². The first-order chi connectivity index (χ1) is 6.86. The molecule has 0 amide bonds. The molecule has 1 aromatic carbocycles. The fraction of sp³-hybridized carbons (Fsp3) is 0.400. The minimum Gasteiger partial charge on any atom is -0.353 e. The Balaban J connectivity index is 2.08.